The van der Waals surface area contributed by atoms with Crippen LogP contribution in [0.4, 0.5) is 5.00 Å². The maximum atomic E-state index is 12.9. The van der Waals surface area contributed by atoms with Crippen molar-refractivity contribution in [1.29, 1.82) is 0 Å². The molecular formula is C25H27NO4S. The van der Waals surface area contributed by atoms with Gasteiger partial charge in [0.1, 0.15) is 16.3 Å². The van der Waals surface area contributed by atoms with E-state index in [9.17, 15) is 9.59 Å². The average molecular weight is 438 g/mol. The molecule has 0 saturated heterocycles. The second-order valence-electron chi connectivity index (χ2n) is 7.22. The van der Waals surface area contributed by atoms with Crippen LogP contribution in [0.1, 0.15) is 52.1 Å². The molecule has 0 radical (unpaired) electrons. The Kier molecular flexibility index (Phi) is 7.47. The summed E-state index contributed by atoms with van der Waals surface area (Å²) in [5.74, 6) is -0.112. The van der Waals surface area contributed by atoms with Gasteiger partial charge in [-0.1, -0.05) is 36.8 Å². The van der Waals surface area contributed by atoms with Crippen LogP contribution in [0.3, 0.4) is 0 Å². The lowest BCUT2D eigenvalue weighted by molar-refractivity contribution is 0.0529. The van der Waals surface area contributed by atoms with Crippen molar-refractivity contribution < 1.29 is 19.1 Å². The smallest absolute Gasteiger partial charge is 0.341 e. The van der Waals surface area contributed by atoms with E-state index in [1.165, 1.54) is 11.3 Å². The first-order valence-electron chi connectivity index (χ1n) is 10.3. The van der Waals surface area contributed by atoms with E-state index in [1.807, 2.05) is 50.4 Å². The number of anilines is 1. The minimum absolute atomic E-state index is 0.255. The molecule has 0 aliphatic rings. The molecule has 162 valence electrons. The summed E-state index contributed by atoms with van der Waals surface area (Å²) in [5.41, 5.74) is 4.70. The predicted octanol–water partition coefficient (Wildman–Crippen LogP) is 6.25. The summed E-state index contributed by atoms with van der Waals surface area (Å²) in [4.78, 5) is 25.7. The van der Waals surface area contributed by atoms with Crippen molar-refractivity contribution in [3.8, 4) is 16.9 Å². The van der Waals surface area contributed by atoms with Crippen molar-refractivity contribution in [2.75, 3.05) is 18.5 Å². The largest absolute Gasteiger partial charge is 0.494 e. The number of thiophene rings is 1. The lowest BCUT2D eigenvalue weighted by Gasteiger charge is -2.11. The number of ether oxygens (including phenoxy) is 2. The summed E-state index contributed by atoms with van der Waals surface area (Å²) >= 11 is 1.32. The molecule has 1 aromatic heterocycles. The molecular weight excluding hydrogens is 410 g/mol. The quantitative estimate of drug-likeness (QED) is 0.423. The van der Waals surface area contributed by atoms with Crippen LogP contribution in [-0.2, 0) is 4.74 Å². The van der Waals surface area contributed by atoms with Gasteiger partial charge >= 0.3 is 5.97 Å². The van der Waals surface area contributed by atoms with Crippen LogP contribution < -0.4 is 10.1 Å². The molecule has 6 heteroatoms. The summed E-state index contributed by atoms with van der Waals surface area (Å²) < 4.78 is 10.9. The number of nitrogens with one attached hydrogen (secondary N) is 1. The second-order valence-corrected chi connectivity index (χ2v) is 8.10. The fraction of sp³-hybridized carbons (Fsp3) is 0.280. The highest BCUT2D eigenvalue weighted by molar-refractivity contribution is 7.15. The zero-order valence-corrected chi connectivity index (χ0v) is 19.1. The van der Waals surface area contributed by atoms with Gasteiger partial charge in [0.05, 0.1) is 13.2 Å². The van der Waals surface area contributed by atoms with E-state index in [-0.39, 0.29) is 12.5 Å². The first-order valence-corrected chi connectivity index (χ1v) is 11.2. The predicted molar refractivity (Wildman–Crippen MR) is 125 cm³/mol. The molecule has 0 aliphatic heterocycles. The third-order valence-corrected chi connectivity index (χ3v) is 5.65. The zero-order valence-electron chi connectivity index (χ0n) is 18.3. The fourth-order valence-electron chi connectivity index (χ4n) is 3.20. The van der Waals surface area contributed by atoms with E-state index in [0.717, 1.165) is 28.7 Å². The van der Waals surface area contributed by atoms with Crippen molar-refractivity contribution >= 4 is 28.2 Å². The number of benzene rings is 2. The van der Waals surface area contributed by atoms with Gasteiger partial charge in [-0.25, -0.2) is 4.79 Å². The molecule has 0 aliphatic carbocycles. The van der Waals surface area contributed by atoms with Gasteiger partial charge in [0.2, 0.25) is 0 Å². The Bertz CT molecular complexity index is 1090. The molecule has 3 aromatic rings. The summed E-state index contributed by atoms with van der Waals surface area (Å²) in [6.45, 7) is 8.64. The summed E-state index contributed by atoms with van der Waals surface area (Å²) in [6.07, 6.45) is 0.885. The highest BCUT2D eigenvalue weighted by atomic mass is 32.1. The van der Waals surface area contributed by atoms with Crippen LogP contribution in [0.15, 0.2) is 47.8 Å². The van der Waals surface area contributed by atoms with E-state index >= 15 is 0 Å². The van der Waals surface area contributed by atoms with Crippen LogP contribution >= 0.6 is 11.3 Å². The second kappa shape index (κ2) is 10.3. The molecule has 0 fully saturated rings. The average Bonchev–Trinajstić information content (AvgIpc) is 3.17. The number of esters is 1. The molecule has 1 heterocycles. The maximum Gasteiger partial charge on any atom is 0.341 e. The van der Waals surface area contributed by atoms with Crippen LogP contribution in [0, 0.1) is 13.8 Å². The minimum Gasteiger partial charge on any atom is -0.494 e. The molecule has 1 amide bonds. The Morgan fingerprint density at radius 3 is 2.58 bits per heavy atom. The van der Waals surface area contributed by atoms with Crippen molar-refractivity contribution in [2.45, 2.75) is 34.1 Å². The molecule has 0 spiro atoms. The first-order chi connectivity index (χ1) is 14.9. The summed E-state index contributed by atoms with van der Waals surface area (Å²) in [6, 6.07) is 13.1. The van der Waals surface area contributed by atoms with E-state index in [2.05, 4.69) is 5.32 Å². The molecule has 5 nitrogen and oxygen atoms in total. The molecule has 0 atom stereocenters. The van der Waals surface area contributed by atoms with Gasteiger partial charge in [-0.05, 0) is 56.5 Å². The number of rotatable bonds is 8. The Morgan fingerprint density at radius 2 is 1.84 bits per heavy atom. The SMILES string of the molecule is CCCOc1cccc(C(=O)Nc2scc(-c3cc(C)ccc3C)c2C(=O)OCC)c1. The maximum absolute atomic E-state index is 12.9. The lowest BCUT2D eigenvalue weighted by atomic mass is 9.97. The number of amides is 1. The normalized spacial score (nSPS) is 10.6. The van der Waals surface area contributed by atoms with Crippen LogP contribution in [-0.4, -0.2) is 25.1 Å². The van der Waals surface area contributed by atoms with Gasteiger partial charge in [-0.3, -0.25) is 4.79 Å². The Hall–Kier alpha value is -3.12. The van der Waals surface area contributed by atoms with Crippen LogP contribution in [0.2, 0.25) is 0 Å². The number of aryl methyl sites for hydroxylation is 2. The molecule has 1 N–H and O–H groups in total. The third kappa shape index (κ3) is 5.33. The van der Waals surface area contributed by atoms with Crippen molar-refractivity contribution in [3.05, 3.63) is 70.1 Å². The molecule has 31 heavy (non-hydrogen) atoms. The standard InChI is InChI=1S/C25H27NO4S/c1-5-12-30-19-9-7-8-18(14-19)23(27)26-24-22(25(28)29-6-2)21(15-31-24)20-13-16(3)10-11-17(20)4/h7-11,13-15H,5-6,12H2,1-4H3,(H,26,27). The molecule has 2 aromatic carbocycles. The Morgan fingerprint density at radius 1 is 1.03 bits per heavy atom. The van der Waals surface area contributed by atoms with Gasteiger partial charge in [-0.15, -0.1) is 11.3 Å². The first kappa shape index (κ1) is 22.6. The van der Waals surface area contributed by atoms with Gasteiger partial charge in [0, 0.05) is 16.5 Å². The van der Waals surface area contributed by atoms with E-state index < -0.39 is 5.97 Å². The number of carbonyl (C=O) groups excluding carboxylic acids is 2. The van der Waals surface area contributed by atoms with E-state index in [0.29, 0.717) is 28.5 Å². The third-order valence-electron chi connectivity index (χ3n) is 4.75. The summed E-state index contributed by atoms with van der Waals surface area (Å²) in [5, 5.41) is 5.26. The highest BCUT2D eigenvalue weighted by Crippen LogP contribution is 2.38. The van der Waals surface area contributed by atoms with Gasteiger partial charge in [0.15, 0.2) is 0 Å². The highest BCUT2D eigenvalue weighted by Gasteiger charge is 2.24. The van der Waals surface area contributed by atoms with Crippen LogP contribution in [0.25, 0.3) is 11.1 Å². The Labute approximate surface area is 187 Å². The fourth-order valence-corrected chi connectivity index (χ4v) is 4.15. The molecule has 0 unspecified atom stereocenters. The van der Waals surface area contributed by atoms with Gasteiger partial charge in [0.25, 0.3) is 5.91 Å². The van der Waals surface area contributed by atoms with Gasteiger partial charge < -0.3 is 14.8 Å². The minimum atomic E-state index is -0.449. The lowest BCUT2D eigenvalue weighted by Crippen LogP contribution is -2.15. The number of hydrogen-bond donors (Lipinski definition) is 1. The van der Waals surface area contributed by atoms with E-state index in [1.54, 1.807) is 25.1 Å². The topological polar surface area (TPSA) is 64.6 Å². The van der Waals surface area contributed by atoms with Crippen molar-refractivity contribution in [2.24, 2.45) is 0 Å². The molecule has 0 saturated carbocycles. The van der Waals surface area contributed by atoms with Crippen LogP contribution in [0.5, 0.6) is 5.75 Å². The Balaban J connectivity index is 1.96. The van der Waals surface area contributed by atoms with Gasteiger partial charge in [-0.2, -0.15) is 0 Å². The van der Waals surface area contributed by atoms with E-state index in [4.69, 9.17) is 9.47 Å². The van der Waals surface area contributed by atoms with Crippen molar-refractivity contribution in [3.63, 3.8) is 0 Å². The molecule has 0 bridgehead atoms. The monoisotopic (exact) mass is 437 g/mol. The summed E-state index contributed by atoms with van der Waals surface area (Å²) in [7, 11) is 0. The number of hydrogen-bond acceptors (Lipinski definition) is 5. The zero-order chi connectivity index (χ0) is 22.4. The molecule has 3 rings (SSSR count). The number of carbonyl (C=O) groups is 2. The van der Waals surface area contributed by atoms with Crippen molar-refractivity contribution in [1.82, 2.24) is 0 Å².